The van der Waals surface area contributed by atoms with Gasteiger partial charge < -0.3 is 13.9 Å². The summed E-state index contributed by atoms with van der Waals surface area (Å²) in [7, 11) is 0. The molecule has 296 valence electrons. The Morgan fingerprint density at radius 1 is 0.302 bits per heavy atom. The molecule has 12 rings (SSSR count). The van der Waals surface area contributed by atoms with Crippen LogP contribution in [0.4, 0.5) is 17.1 Å². The Balaban J connectivity index is 0.947. The van der Waals surface area contributed by atoms with E-state index in [0.29, 0.717) is 0 Å². The molecule has 0 bridgehead atoms. The molecule has 0 saturated carbocycles. The van der Waals surface area contributed by atoms with Gasteiger partial charge in [0.05, 0.1) is 11.0 Å². The van der Waals surface area contributed by atoms with Gasteiger partial charge in [0.1, 0.15) is 11.2 Å². The third kappa shape index (κ3) is 6.46. The number of furan rings is 1. The molecule has 0 fully saturated rings. The van der Waals surface area contributed by atoms with Gasteiger partial charge in [0.25, 0.3) is 0 Å². The van der Waals surface area contributed by atoms with Crippen molar-refractivity contribution in [1.82, 2.24) is 4.57 Å². The van der Waals surface area contributed by atoms with E-state index in [0.717, 1.165) is 61.4 Å². The molecule has 0 unspecified atom stereocenters. The van der Waals surface area contributed by atoms with E-state index >= 15 is 0 Å². The molecule has 2 aromatic heterocycles. The lowest BCUT2D eigenvalue weighted by molar-refractivity contribution is 0.670. The number of aromatic nitrogens is 1. The van der Waals surface area contributed by atoms with Gasteiger partial charge in [-0.3, -0.25) is 0 Å². The maximum Gasteiger partial charge on any atom is 0.143 e. The largest absolute Gasteiger partial charge is 0.455 e. The Morgan fingerprint density at radius 3 is 1.41 bits per heavy atom. The zero-order valence-corrected chi connectivity index (χ0v) is 34.4. The molecule has 63 heavy (non-hydrogen) atoms. The van der Waals surface area contributed by atoms with E-state index in [9.17, 15) is 0 Å². The summed E-state index contributed by atoms with van der Waals surface area (Å²) >= 11 is 0. The van der Waals surface area contributed by atoms with Crippen LogP contribution in [0.3, 0.4) is 0 Å². The molecule has 3 nitrogen and oxygen atoms in total. The highest BCUT2D eigenvalue weighted by Gasteiger charge is 2.18. The first-order chi connectivity index (χ1) is 31.2. The van der Waals surface area contributed by atoms with Crippen LogP contribution < -0.4 is 4.90 Å². The molecule has 0 radical (unpaired) electrons. The number of anilines is 3. The normalized spacial score (nSPS) is 11.5. The van der Waals surface area contributed by atoms with E-state index in [1.807, 2.05) is 6.07 Å². The minimum absolute atomic E-state index is 0.892. The molecule has 0 spiro atoms. The molecule has 0 atom stereocenters. The number of hydrogen-bond acceptors (Lipinski definition) is 2. The number of hydrogen-bond donors (Lipinski definition) is 0. The highest BCUT2D eigenvalue weighted by atomic mass is 16.3. The molecule has 3 heteroatoms. The quantitative estimate of drug-likeness (QED) is 0.153. The first-order valence-electron chi connectivity index (χ1n) is 21.5. The molecule has 0 saturated heterocycles. The van der Waals surface area contributed by atoms with Crippen LogP contribution in [0.15, 0.2) is 247 Å². The Labute approximate surface area is 366 Å². The first kappa shape index (κ1) is 36.5. The molecule has 12 aromatic rings. The molecule has 0 aliphatic carbocycles. The third-order valence-electron chi connectivity index (χ3n) is 12.4. The van der Waals surface area contributed by atoms with Gasteiger partial charge in [0.2, 0.25) is 0 Å². The number of benzene rings is 10. The summed E-state index contributed by atoms with van der Waals surface area (Å²) in [6.07, 6.45) is 0. The second-order valence-electron chi connectivity index (χ2n) is 16.1. The molecular weight excluding hydrogens is 765 g/mol. The fourth-order valence-corrected chi connectivity index (χ4v) is 9.32. The van der Waals surface area contributed by atoms with E-state index in [4.69, 9.17) is 4.42 Å². The van der Waals surface area contributed by atoms with E-state index in [-0.39, 0.29) is 0 Å². The lowest BCUT2D eigenvalue weighted by atomic mass is 9.95. The molecule has 0 aliphatic rings. The average molecular weight is 805 g/mol. The minimum Gasteiger partial charge on any atom is -0.455 e. The number of rotatable bonds is 8. The van der Waals surface area contributed by atoms with Gasteiger partial charge in [-0.05, 0) is 124 Å². The van der Waals surface area contributed by atoms with Gasteiger partial charge in [0.15, 0.2) is 0 Å². The third-order valence-corrected chi connectivity index (χ3v) is 12.4. The number of nitrogens with zero attached hydrogens (tertiary/aromatic N) is 2. The Morgan fingerprint density at radius 2 is 0.762 bits per heavy atom. The van der Waals surface area contributed by atoms with Crippen molar-refractivity contribution >= 4 is 60.8 Å². The van der Waals surface area contributed by atoms with Crippen molar-refractivity contribution < 1.29 is 4.42 Å². The monoisotopic (exact) mass is 804 g/mol. The van der Waals surface area contributed by atoms with Crippen molar-refractivity contribution in [2.24, 2.45) is 0 Å². The summed E-state index contributed by atoms with van der Waals surface area (Å²) < 4.78 is 8.96. The van der Waals surface area contributed by atoms with Crippen LogP contribution in [0.2, 0.25) is 0 Å². The van der Waals surface area contributed by atoms with Crippen LogP contribution in [0.5, 0.6) is 0 Å². The highest BCUT2D eigenvalue weighted by molar-refractivity contribution is 6.12. The molecule has 0 aliphatic heterocycles. The van der Waals surface area contributed by atoms with Gasteiger partial charge in [-0.2, -0.15) is 0 Å². The Kier molecular flexibility index (Phi) is 8.83. The Hall–Kier alpha value is -8.40. The van der Waals surface area contributed by atoms with Crippen molar-refractivity contribution in [3.63, 3.8) is 0 Å². The van der Waals surface area contributed by atoms with Crippen LogP contribution >= 0.6 is 0 Å². The highest BCUT2D eigenvalue weighted by Crippen LogP contribution is 2.42. The summed E-state index contributed by atoms with van der Waals surface area (Å²) in [4.78, 5) is 2.34. The van der Waals surface area contributed by atoms with Crippen LogP contribution in [0, 0.1) is 0 Å². The van der Waals surface area contributed by atoms with E-state index in [2.05, 4.69) is 246 Å². The van der Waals surface area contributed by atoms with Gasteiger partial charge in [0, 0.05) is 49.9 Å². The first-order valence-corrected chi connectivity index (χ1v) is 21.5. The Bertz CT molecular complexity index is 3570. The predicted molar refractivity (Wildman–Crippen MR) is 264 cm³/mol. The second kappa shape index (κ2) is 15.3. The fourth-order valence-electron chi connectivity index (χ4n) is 9.32. The molecular formula is C60H40N2O. The lowest BCUT2D eigenvalue weighted by Crippen LogP contribution is -2.09. The summed E-state index contributed by atoms with van der Waals surface area (Å²) in [5, 5.41) is 4.73. The van der Waals surface area contributed by atoms with Gasteiger partial charge in [-0.1, -0.05) is 158 Å². The molecule has 2 heterocycles. The molecule has 0 N–H and O–H groups in total. The summed E-state index contributed by atoms with van der Waals surface area (Å²) in [5.74, 6) is 0. The van der Waals surface area contributed by atoms with Crippen molar-refractivity contribution in [2.45, 2.75) is 0 Å². The zero-order valence-electron chi connectivity index (χ0n) is 34.4. The van der Waals surface area contributed by atoms with Gasteiger partial charge in [-0.15, -0.1) is 0 Å². The smallest absolute Gasteiger partial charge is 0.143 e. The minimum atomic E-state index is 0.892. The maximum absolute atomic E-state index is 6.60. The standard InChI is InChI=1S/C60H40N2O/c1-4-14-41(15-5-1)43-24-31-49(32-25-43)61(50-33-26-44(27-34-50)46-30-37-58-55(38-46)52-20-10-12-22-57(52)62(58)48-18-8-3-9-19-48)51-35-28-45(29-36-51)54-39-47(42-16-6-2-7-17-42)40-56-53-21-11-13-23-59(53)63-60(54)56/h1-40H. The van der Waals surface area contributed by atoms with Crippen molar-refractivity contribution in [1.29, 1.82) is 0 Å². The number of para-hydroxylation sites is 3. The van der Waals surface area contributed by atoms with Crippen molar-refractivity contribution in [2.75, 3.05) is 4.90 Å². The summed E-state index contributed by atoms with van der Waals surface area (Å²) in [6, 6.07) is 87.0. The number of fused-ring (bicyclic) bond motifs is 6. The van der Waals surface area contributed by atoms with Crippen LogP contribution in [0.1, 0.15) is 0 Å². The van der Waals surface area contributed by atoms with Crippen LogP contribution in [0.25, 0.3) is 93.9 Å². The predicted octanol–water partition coefficient (Wildman–Crippen LogP) is 16.8. The van der Waals surface area contributed by atoms with E-state index in [1.165, 1.54) is 49.6 Å². The average Bonchev–Trinajstić information content (AvgIpc) is 3.91. The lowest BCUT2D eigenvalue weighted by Gasteiger charge is -2.26. The van der Waals surface area contributed by atoms with Gasteiger partial charge >= 0.3 is 0 Å². The fraction of sp³-hybridized carbons (Fsp3) is 0. The molecule has 10 aromatic carbocycles. The summed E-state index contributed by atoms with van der Waals surface area (Å²) in [5.41, 5.74) is 17.8. The second-order valence-corrected chi connectivity index (χ2v) is 16.1. The van der Waals surface area contributed by atoms with Crippen LogP contribution in [-0.4, -0.2) is 4.57 Å². The summed E-state index contributed by atoms with van der Waals surface area (Å²) in [6.45, 7) is 0. The molecule has 0 amide bonds. The topological polar surface area (TPSA) is 21.3 Å². The zero-order chi connectivity index (χ0) is 41.7. The van der Waals surface area contributed by atoms with Crippen molar-refractivity contribution in [3.05, 3.63) is 243 Å². The van der Waals surface area contributed by atoms with E-state index < -0.39 is 0 Å². The maximum atomic E-state index is 6.60. The SMILES string of the molecule is c1ccc(-c2ccc(N(c3ccc(-c4ccc5c(c4)c4ccccc4n5-c4ccccc4)cc3)c3ccc(-c4cc(-c5ccccc5)cc5c4oc4ccccc45)cc3)cc2)cc1. The van der Waals surface area contributed by atoms with E-state index in [1.54, 1.807) is 0 Å². The van der Waals surface area contributed by atoms with Crippen LogP contribution in [-0.2, 0) is 0 Å². The van der Waals surface area contributed by atoms with Crippen molar-refractivity contribution in [3.8, 4) is 50.2 Å². The van der Waals surface area contributed by atoms with Gasteiger partial charge in [-0.25, -0.2) is 0 Å².